The fraction of sp³-hybridized carbons (Fsp3) is 0.111. The van der Waals surface area contributed by atoms with Crippen molar-refractivity contribution in [1.29, 1.82) is 0 Å². The number of hydrogen-bond acceptors (Lipinski definition) is 14. The smallest absolute Gasteiger partial charge is 0.165 e. The summed E-state index contributed by atoms with van der Waals surface area (Å²) in [6.07, 6.45) is 15.6. The number of rotatable bonds is 8. The highest BCUT2D eigenvalue weighted by atomic mass is 79.9. The number of hydrogen-bond donors (Lipinski definition) is 1. The zero-order valence-electron chi connectivity index (χ0n) is 39.6. The fourth-order valence-electron chi connectivity index (χ4n) is 7.69. The van der Waals surface area contributed by atoms with Crippen molar-refractivity contribution in [3.8, 4) is 63.1 Å². The first-order valence-electron chi connectivity index (χ1n) is 22.8. The van der Waals surface area contributed by atoms with E-state index in [4.69, 9.17) is 14.7 Å². The molecule has 12 aromatic heterocycles. The second-order valence-corrected chi connectivity index (χ2v) is 17.6. The third-order valence-electron chi connectivity index (χ3n) is 10.9. The molecule has 0 unspecified atom stereocenters. The van der Waals surface area contributed by atoms with Crippen molar-refractivity contribution >= 4 is 49.4 Å². The van der Waals surface area contributed by atoms with Gasteiger partial charge in [-0.15, -0.1) is 0 Å². The number of fused-ring (bicyclic) bond motifs is 3. The highest BCUT2D eigenvalue weighted by Crippen LogP contribution is 2.31. The van der Waals surface area contributed by atoms with Crippen LogP contribution in [-0.4, -0.2) is 84.7 Å². The Morgan fingerprint density at radius 1 is 0.444 bits per heavy atom. The van der Waals surface area contributed by atoms with E-state index in [9.17, 15) is 5.11 Å². The maximum absolute atomic E-state index is 9.67. The number of nitrogens with zero attached hydrogens (tertiary/aromatic N) is 15. The van der Waals surface area contributed by atoms with Crippen LogP contribution in [0.5, 0.6) is 11.5 Å². The normalized spacial score (nSPS) is 11.1. The average Bonchev–Trinajstić information content (AvgIpc) is 4.10. The zero-order valence-corrected chi connectivity index (χ0v) is 41.2. The molecule has 12 rings (SSSR count). The van der Waals surface area contributed by atoms with Gasteiger partial charge in [-0.05, 0) is 129 Å². The molecule has 0 radical (unpaired) electrons. The molecule has 0 saturated heterocycles. The molecule has 18 heteroatoms. The van der Waals surface area contributed by atoms with Crippen LogP contribution in [0, 0.1) is 20.8 Å². The van der Waals surface area contributed by atoms with E-state index in [-0.39, 0.29) is 11.9 Å². The molecule has 0 aliphatic carbocycles. The van der Waals surface area contributed by atoms with Crippen LogP contribution < -0.4 is 4.74 Å². The van der Waals surface area contributed by atoms with Crippen molar-refractivity contribution in [2.75, 3.05) is 0 Å². The summed E-state index contributed by atoms with van der Waals surface area (Å²) in [6, 6.07) is 34.5. The molecule has 0 amide bonds. The lowest BCUT2D eigenvalue weighted by atomic mass is 10.3. The summed E-state index contributed by atoms with van der Waals surface area (Å²) in [7, 11) is 0. The van der Waals surface area contributed by atoms with E-state index in [2.05, 4.69) is 65.8 Å². The lowest BCUT2D eigenvalue weighted by Gasteiger charge is -2.10. The topological polar surface area (TPSA) is 199 Å². The van der Waals surface area contributed by atoms with Crippen LogP contribution in [0.15, 0.2) is 169 Å². The van der Waals surface area contributed by atoms with Gasteiger partial charge in [0.05, 0.1) is 54.2 Å². The van der Waals surface area contributed by atoms with Crippen LogP contribution >= 0.6 is 15.9 Å². The first kappa shape index (κ1) is 46.6. The minimum atomic E-state index is 0.0768. The van der Waals surface area contributed by atoms with Gasteiger partial charge in [0, 0.05) is 58.5 Å². The third kappa shape index (κ3) is 9.97. The molecule has 0 bridgehead atoms. The Hall–Kier alpha value is -9.16. The minimum absolute atomic E-state index is 0.0768. The lowest BCUT2D eigenvalue weighted by molar-refractivity contribution is 0.242. The molecule has 0 spiro atoms. The van der Waals surface area contributed by atoms with Gasteiger partial charge in [-0.1, -0.05) is 18.2 Å². The number of aromatic hydroxyl groups is 1. The van der Waals surface area contributed by atoms with E-state index in [1.54, 1.807) is 43.2 Å². The summed E-state index contributed by atoms with van der Waals surface area (Å²) in [5, 5.41) is 9.67. The second kappa shape index (κ2) is 20.4. The van der Waals surface area contributed by atoms with Crippen molar-refractivity contribution in [2.45, 2.75) is 40.7 Å². The third-order valence-corrected chi connectivity index (χ3v) is 11.4. The van der Waals surface area contributed by atoms with Crippen molar-refractivity contribution in [3.05, 3.63) is 187 Å². The van der Waals surface area contributed by atoms with Crippen LogP contribution in [-0.2, 0) is 0 Å². The molecule has 0 aliphatic rings. The Morgan fingerprint density at radius 2 is 0.847 bits per heavy atom. The molecule has 0 saturated carbocycles. The number of ether oxygens (including phenoxy) is 1. The molecular weight excluding hydrogens is 971 g/mol. The maximum Gasteiger partial charge on any atom is 0.165 e. The molecular formula is C54H44BrN15O2. The summed E-state index contributed by atoms with van der Waals surface area (Å²) in [4.78, 5) is 53.9. The highest BCUT2D eigenvalue weighted by molar-refractivity contribution is 9.10. The highest BCUT2D eigenvalue weighted by Gasteiger charge is 2.20. The molecule has 12 heterocycles. The van der Waals surface area contributed by atoms with Gasteiger partial charge in [0.15, 0.2) is 34.4 Å². The summed E-state index contributed by atoms with van der Waals surface area (Å²) < 4.78 is 12.5. The number of aryl methyl sites for hydroxylation is 3. The monoisotopic (exact) mass is 1010 g/mol. The van der Waals surface area contributed by atoms with Gasteiger partial charge >= 0.3 is 0 Å². The predicted molar refractivity (Wildman–Crippen MR) is 279 cm³/mol. The van der Waals surface area contributed by atoms with Crippen molar-refractivity contribution in [3.63, 3.8) is 0 Å². The molecule has 0 atom stereocenters. The molecule has 17 nitrogen and oxygen atoms in total. The van der Waals surface area contributed by atoms with E-state index in [1.165, 1.54) is 6.20 Å². The maximum atomic E-state index is 9.67. The Morgan fingerprint density at radius 3 is 1.24 bits per heavy atom. The molecule has 0 aliphatic heterocycles. The van der Waals surface area contributed by atoms with Gasteiger partial charge in [0.25, 0.3) is 0 Å². The Labute approximate surface area is 421 Å². The predicted octanol–water partition coefficient (Wildman–Crippen LogP) is 10.8. The molecule has 12 aromatic rings. The standard InChI is InChI=1S/C20H19N5O.C17H12BrN5.C17H13N5O/c1-13(2)26-16-10-18-19(23-12-16)25(15-8-7-14(3)22-11-15)20(24-18)17-6-4-5-9-21-17;1-11-5-6-13(10-20-11)23-16-15(8-12(18)9-21-16)22-17(23)14-4-2-3-7-19-14;1-11-5-6-12(9-19-11)22-16-15(8-13(23)10-20-16)21-17(22)14-4-2-3-7-18-14/h4-13H,1-3H3;2-10H,1H3;2-10,23H,1H3. The van der Waals surface area contributed by atoms with Crippen LogP contribution in [0.2, 0.25) is 0 Å². The summed E-state index contributed by atoms with van der Waals surface area (Å²) in [6.45, 7) is 9.83. The van der Waals surface area contributed by atoms with Crippen molar-refractivity contribution < 1.29 is 9.84 Å². The average molecular weight is 1010 g/mol. The molecule has 0 aromatic carbocycles. The Kier molecular flexibility index (Phi) is 13.2. The molecule has 354 valence electrons. The van der Waals surface area contributed by atoms with Gasteiger partial charge in [0.1, 0.15) is 45.1 Å². The summed E-state index contributed by atoms with van der Waals surface area (Å²) >= 11 is 3.45. The van der Waals surface area contributed by atoms with E-state index >= 15 is 0 Å². The minimum Gasteiger partial charge on any atom is -0.506 e. The number of imidazole rings is 3. The zero-order chi connectivity index (χ0) is 49.7. The van der Waals surface area contributed by atoms with Crippen LogP contribution in [0.1, 0.15) is 30.9 Å². The first-order valence-corrected chi connectivity index (χ1v) is 23.6. The summed E-state index contributed by atoms with van der Waals surface area (Å²) in [5.74, 6) is 2.91. The molecule has 1 N–H and O–H groups in total. The van der Waals surface area contributed by atoms with Gasteiger partial charge < -0.3 is 9.84 Å². The van der Waals surface area contributed by atoms with Crippen molar-refractivity contribution in [1.82, 2.24) is 73.5 Å². The van der Waals surface area contributed by atoms with E-state index in [1.807, 2.05) is 164 Å². The second-order valence-electron chi connectivity index (χ2n) is 16.6. The van der Waals surface area contributed by atoms with Gasteiger partial charge in [-0.25, -0.2) is 29.9 Å². The summed E-state index contributed by atoms with van der Waals surface area (Å²) in [5.41, 5.74) is 12.1. The van der Waals surface area contributed by atoms with E-state index in [0.717, 1.165) is 89.7 Å². The quantitative estimate of drug-likeness (QED) is 0.151. The van der Waals surface area contributed by atoms with Gasteiger partial charge in [-0.2, -0.15) is 0 Å². The number of aromatic nitrogens is 15. The molecule has 0 fully saturated rings. The van der Waals surface area contributed by atoms with Crippen LogP contribution in [0.25, 0.3) is 85.1 Å². The van der Waals surface area contributed by atoms with Crippen molar-refractivity contribution in [2.24, 2.45) is 0 Å². The Balaban J connectivity index is 0.000000125. The van der Waals surface area contributed by atoms with E-state index < -0.39 is 0 Å². The SMILES string of the molecule is Cc1ccc(-n2c(-c3ccccn3)nc3cc(Br)cnc32)cn1.Cc1ccc(-n2c(-c3ccccn3)nc3cc(O)cnc32)cn1.Cc1ccc(-n2c(-c3ccccn3)nc3cc(OC(C)C)cnc32)cn1. The number of pyridine rings is 9. The Bertz CT molecular complexity index is 3630. The fourth-order valence-corrected chi connectivity index (χ4v) is 8.01. The first-order chi connectivity index (χ1) is 35.1. The van der Waals surface area contributed by atoms with Crippen LogP contribution in [0.4, 0.5) is 0 Å². The lowest BCUT2D eigenvalue weighted by Crippen LogP contribution is -2.06. The van der Waals surface area contributed by atoms with Gasteiger partial charge in [0.2, 0.25) is 0 Å². The van der Waals surface area contributed by atoms with E-state index in [0.29, 0.717) is 22.7 Å². The largest absolute Gasteiger partial charge is 0.506 e. The van der Waals surface area contributed by atoms with Gasteiger partial charge in [-0.3, -0.25) is 43.6 Å². The van der Waals surface area contributed by atoms with Crippen LogP contribution in [0.3, 0.4) is 0 Å². The molecule has 72 heavy (non-hydrogen) atoms. The number of halogens is 1.